The molecular weight excluding hydrogens is 264 g/mol. The molecule has 1 N–H and O–H groups in total. The molecule has 1 aliphatic rings. The summed E-state index contributed by atoms with van der Waals surface area (Å²) in [5.41, 5.74) is 2.31. The standard InChI is InChI=1S/C17H24N2O2/c1-11(2)14-15(20)19(16(21)18-14)10-12-6-8-13(9-7-12)17(3,4)5/h6-9,11,14H,10H2,1-5H3,(H,18,21)/t14-/m0/s1. The molecule has 2 rings (SSSR count). The first-order valence-electron chi connectivity index (χ1n) is 7.41. The van der Waals surface area contributed by atoms with Crippen LogP contribution in [0, 0.1) is 5.92 Å². The Hall–Kier alpha value is -1.84. The SMILES string of the molecule is CC(C)[C@@H]1NC(=O)N(Cc2ccc(C(C)(C)C)cc2)C1=O. The predicted molar refractivity (Wildman–Crippen MR) is 82.8 cm³/mol. The van der Waals surface area contributed by atoms with E-state index in [2.05, 4.69) is 38.2 Å². The van der Waals surface area contributed by atoms with Crippen LogP contribution in [0.5, 0.6) is 0 Å². The molecular formula is C17H24N2O2. The van der Waals surface area contributed by atoms with Gasteiger partial charge in [-0.15, -0.1) is 0 Å². The maximum atomic E-state index is 12.2. The van der Waals surface area contributed by atoms with Gasteiger partial charge in [0.15, 0.2) is 0 Å². The van der Waals surface area contributed by atoms with E-state index in [1.807, 2.05) is 26.0 Å². The normalized spacial score (nSPS) is 19.3. The lowest BCUT2D eigenvalue weighted by Gasteiger charge is -2.20. The van der Waals surface area contributed by atoms with E-state index < -0.39 is 6.04 Å². The average molecular weight is 288 g/mol. The fourth-order valence-corrected chi connectivity index (χ4v) is 2.43. The molecule has 1 saturated heterocycles. The fraction of sp³-hybridized carbons (Fsp3) is 0.529. The second kappa shape index (κ2) is 5.51. The highest BCUT2D eigenvalue weighted by molar-refractivity contribution is 6.04. The van der Waals surface area contributed by atoms with Gasteiger partial charge in [0.05, 0.1) is 6.54 Å². The number of hydrogen-bond acceptors (Lipinski definition) is 2. The molecule has 0 radical (unpaired) electrons. The number of carbonyl (C=O) groups excluding carboxylic acids is 2. The fourth-order valence-electron chi connectivity index (χ4n) is 2.43. The summed E-state index contributed by atoms with van der Waals surface area (Å²) in [5, 5.41) is 2.75. The van der Waals surface area contributed by atoms with Crippen LogP contribution in [0.25, 0.3) is 0 Å². The number of carbonyl (C=O) groups is 2. The van der Waals surface area contributed by atoms with Gasteiger partial charge in [-0.25, -0.2) is 4.79 Å². The minimum atomic E-state index is -0.397. The third-order valence-electron chi connectivity index (χ3n) is 3.88. The quantitative estimate of drug-likeness (QED) is 0.869. The molecule has 0 bridgehead atoms. The van der Waals surface area contributed by atoms with Crippen LogP contribution in [0.4, 0.5) is 4.79 Å². The first kappa shape index (κ1) is 15.5. The van der Waals surface area contributed by atoms with Crippen LogP contribution in [0.3, 0.4) is 0 Å². The monoisotopic (exact) mass is 288 g/mol. The van der Waals surface area contributed by atoms with Crippen molar-refractivity contribution in [3.05, 3.63) is 35.4 Å². The zero-order valence-electron chi connectivity index (χ0n) is 13.4. The zero-order valence-corrected chi connectivity index (χ0v) is 13.4. The summed E-state index contributed by atoms with van der Waals surface area (Å²) in [7, 11) is 0. The van der Waals surface area contributed by atoms with Crippen molar-refractivity contribution >= 4 is 11.9 Å². The lowest BCUT2D eigenvalue weighted by molar-refractivity contribution is -0.128. The van der Waals surface area contributed by atoms with Gasteiger partial charge in [0, 0.05) is 0 Å². The number of nitrogens with zero attached hydrogens (tertiary/aromatic N) is 1. The Bertz CT molecular complexity index is 541. The highest BCUT2D eigenvalue weighted by Crippen LogP contribution is 2.23. The molecule has 1 aromatic carbocycles. The molecule has 1 aromatic rings. The molecule has 1 atom stereocenters. The zero-order chi connectivity index (χ0) is 15.8. The predicted octanol–water partition coefficient (Wildman–Crippen LogP) is 3.06. The molecule has 1 heterocycles. The van der Waals surface area contributed by atoms with E-state index >= 15 is 0 Å². The van der Waals surface area contributed by atoms with Crippen LogP contribution in [0.15, 0.2) is 24.3 Å². The minimum Gasteiger partial charge on any atom is -0.326 e. The molecule has 114 valence electrons. The highest BCUT2D eigenvalue weighted by Gasteiger charge is 2.39. The average Bonchev–Trinajstić information content (AvgIpc) is 2.66. The van der Waals surface area contributed by atoms with Crippen molar-refractivity contribution in [3.8, 4) is 0 Å². The van der Waals surface area contributed by atoms with E-state index in [-0.39, 0.29) is 23.3 Å². The van der Waals surface area contributed by atoms with E-state index in [1.54, 1.807) is 0 Å². The highest BCUT2D eigenvalue weighted by atomic mass is 16.2. The summed E-state index contributed by atoms with van der Waals surface area (Å²) < 4.78 is 0. The number of hydrogen-bond donors (Lipinski definition) is 1. The third-order valence-corrected chi connectivity index (χ3v) is 3.88. The Morgan fingerprint density at radius 3 is 2.14 bits per heavy atom. The van der Waals surface area contributed by atoms with Gasteiger partial charge < -0.3 is 5.32 Å². The smallest absolute Gasteiger partial charge is 0.325 e. The van der Waals surface area contributed by atoms with E-state index in [0.717, 1.165) is 5.56 Å². The molecule has 0 spiro atoms. The molecule has 0 aliphatic carbocycles. The number of rotatable bonds is 3. The Kier molecular flexibility index (Phi) is 4.08. The van der Waals surface area contributed by atoms with Gasteiger partial charge in [0.25, 0.3) is 5.91 Å². The molecule has 3 amide bonds. The van der Waals surface area contributed by atoms with E-state index in [9.17, 15) is 9.59 Å². The molecule has 0 aromatic heterocycles. The largest absolute Gasteiger partial charge is 0.326 e. The van der Waals surface area contributed by atoms with Crippen molar-refractivity contribution in [1.29, 1.82) is 0 Å². The van der Waals surface area contributed by atoms with Crippen molar-refractivity contribution in [1.82, 2.24) is 10.2 Å². The van der Waals surface area contributed by atoms with Gasteiger partial charge in [0.1, 0.15) is 6.04 Å². The van der Waals surface area contributed by atoms with E-state index in [4.69, 9.17) is 0 Å². The molecule has 1 fully saturated rings. The van der Waals surface area contributed by atoms with Crippen LogP contribution >= 0.6 is 0 Å². The molecule has 0 saturated carbocycles. The maximum absolute atomic E-state index is 12.2. The first-order valence-corrected chi connectivity index (χ1v) is 7.41. The van der Waals surface area contributed by atoms with Gasteiger partial charge in [-0.1, -0.05) is 58.9 Å². The number of benzene rings is 1. The van der Waals surface area contributed by atoms with Gasteiger partial charge in [-0.2, -0.15) is 0 Å². The van der Waals surface area contributed by atoms with E-state index in [1.165, 1.54) is 10.5 Å². The van der Waals surface area contributed by atoms with Gasteiger partial charge in [0.2, 0.25) is 0 Å². The summed E-state index contributed by atoms with van der Waals surface area (Å²) >= 11 is 0. The Morgan fingerprint density at radius 2 is 1.71 bits per heavy atom. The maximum Gasteiger partial charge on any atom is 0.325 e. The van der Waals surface area contributed by atoms with Crippen LogP contribution in [0.2, 0.25) is 0 Å². The molecule has 1 aliphatic heterocycles. The summed E-state index contributed by atoms with van der Waals surface area (Å²) in [5.74, 6) is -0.0235. The summed E-state index contributed by atoms with van der Waals surface area (Å²) in [4.78, 5) is 25.5. The second-order valence-electron chi connectivity index (χ2n) is 7.04. The summed E-state index contributed by atoms with van der Waals surface area (Å²) in [6.45, 7) is 10.7. The van der Waals surface area contributed by atoms with Crippen molar-refractivity contribution in [3.63, 3.8) is 0 Å². The van der Waals surface area contributed by atoms with Crippen molar-refractivity contribution < 1.29 is 9.59 Å². The van der Waals surface area contributed by atoms with Gasteiger partial charge in [-0.3, -0.25) is 9.69 Å². The van der Waals surface area contributed by atoms with Gasteiger partial charge >= 0.3 is 6.03 Å². The second-order valence-corrected chi connectivity index (χ2v) is 7.04. The minimum absolute atomic E-state index is 0.0993. The number of amides is 3. The summed E-state index contributed by atoms with van der Waals surface area (Å²) in [6, 6.07) is 7.42. The van der Waals surface area contributed by atoms with Crippen LogP contribution < -0.4 is 5.32 Å². The molecule has 4 heteroatoms. The number of urea groups is 1. The van der Waals surface area contributed by atoms with Crippen molar-refractivity contribution in [2.45, 2.75) is 52.6 Å². The van der Waals surface area contributed by atoms with Crippen molar-refractivity contribution in [2.24, 2.45) is 5.92 Å². The number of imide groups is 1. The number of nitrogens with one attached hydrogen (secondary N) is 1. The molecule has 4 nitrogen and oxygen atoms in total. The van der Waals surface area contributed by atoms with Crippen LogP contribution in [0.1, 0.15) is 45.7 Å². The Labute approximate surface area is 126 Å². The van der Waals surface area contributed by atoms with Crippen molar-refractivity contribution in [2.75, 3.05) is 0 Å². The van der Waals surface area contributed by atoms with E-state index in [0.29, 0.717) is 6.54 Å². The van der Waals surface area contributed by atoms with Gasteiger partial charge in [-0.05, 0) is 22.5 Å². The summed E-state index contributed by atoms with van der Waals surface area (Å²) in [6.07, 6.45) is 0. The third kappa shape index (κ3) is 3.26. The molecule has 21 heavy (non-hydrogen) atoms. The van der Waals surface area contributed by atoms with Crippen LogP contribution in [-0.2, 0) is 16.8 Å². The topological polar surface area (TPSA) is 49.4 Å². The van der Waals surface area contributed by atoms with Crippen LogP contribution in [-0.4, -0.2) is 22.9 Å². The first-order chi connectivity index (χ1) is 9.70. The lowest BCUT2D eigenvalue weighted by atomic mass is 9.87. The Morgan fingerprint density at radius 1 is 1.14 bits per heavy atom. The lowest BCUT2D eigenvalue weighted by Crippen LogP contribution is -2.34. The molecule has 0 unspecified atom stereocenters. The Balaban J connectivity index is 2.12.